The lowest BCUT2D eigenvalue weighted by Crippen LogP contribution is -2.46. The number of ether oxygens (including phenoxy) is 2. The molecule has 0 aliphatic heterocycles. The fraction of sp³-hybridized carbons (Fsp3) is 0.833. The average molecular weight is 326 g/mol. The number of rotatable bonds is 1. The summed E-state index contributed by atoms with van der Waals surface area (Å²) in [4.78, 5) is 22.3. The Hall–Kier alpha value is -0.760. The molecular weight excluding hydrogens is 300 g/mol. The lowest BCUT2D eigenvalue weighted by Gasteiger charge is -2.22. The molecule has 2 amide bonds. The Morgan fingerprint density at radius 2 is 1.20 bits per heavy atom. The van der Waals surface area contributed by atoms with Gasteiger partial charge >= 0.3 is 12.2 Å². The van der Waals surface area contributed by atoms with Crippen LogP contribution >= 0.6 is 22.5 Å². The Kier molecular flexibility index (Phi) is 10.8. The maximum atomic E-state index is 11.1. The summed E-state index contributed by atoms with van der Waals surface area (Å²) in [5.74, 6) is 1.10. The first-order valence-corrected chi connectivity index (χ1v) is 8.19. The van der Waals surface area contributed by atoms with Crippen LogP contribution < -0.4 is 10.9 Å². The highest BCUT2D eigenvalue weighted by molar-refractivity contribution is 8.68. The number of nitrogens with one attached hydrogen (secondary N) is 2. The van der Waals surface area contributed by atoms with Crippen LogP contribution in [0.3, 0.4) is 0 Å². The normalized spacial score (nSPS) is 10.8. The Labute approximate surface area is 130 Å². The summed E-state index contributed by atoms with van der Waals surface area (Å²) < 4.78 is 9.80. The van der Waals surface area contributed by atoms with Gasteiger partial charge in [-0.15, -0.1) is 11.7 Å². The van der Waals surface area contributed by atoms with Crippen molar-refractivity contribution in [1.29, 1.82) is 0 Å². The standard InChI is InChI=1S/C10H20N2O4.C2H6S2/c1-9(2,3)15-7(13)11-12-8(14)16-10(4,5)6;1-2-4-3/h1-6H3,(H,11,13)(H,12,14);3H,2H2,1H3. The van der Waals surface area contributed by atoms with Crippen molar-refractivity contribution < 1.29 is 19.1 Å². The molecule has 0 atom stereocenters. The van der Waals surface area contributed by atoms with E-state index in [-0.39, 0.29) is 0 Å². The third kappa shape index (κ3) is 19.6. The van der Waals surface area contributed by atoms with Gasteiger partial charge in [0.1, 0.15) is 11.2 Å². The third-order valence-electron chi connectivity index (χ3n) is 1.19. The molecule has 0 aliphatic carbocycles. The van der Waals surface area contributed by atoms with Gasteiger partial charge in [0.05, 0.1) is 0 Å². The van der Waals surface area contributed by atoms with Crippen LogP contribution in [0.25, 0.3) is 0 Å². The van der Waals surface area contributed by atoms with E-state index >= 15 is 0 Å². The molecule has 0 saturated carbocycles. The number of amides is 2. The van der Waals surface area contributed by atoms with Crippen LogP contribution in [-0.2, 0) is 9.47 Å². The molecule has 0 aromatic heterocycles. The van der Waals surface area contributed by atoms with Crippen molar-refractivity contribution in [3.63, 3.8) is 0 Å². The quantitative estimate of drug-likeness (QED) is 0.390. The van der Waals surface area contributed by atoms with Gasteiger partial charge in [0.15, 0.2) is 0 Å². The second-order valence-corrected chi connectivity index (χ2v) is 7.28. The molecule has 0 radical (unpaired) electrons. The summed E-state index contributed by atoms with van der Waals surface area (Å²) in [6.45, 7) is 12.4. The fourth-order valence-corrected chi connectivity index (χ4v) is 0.709. The van der Waals surface area contributed by atoms with Crippen LogP contribution in [0.5, 0.6) is 0 Å². The Balaban J connectivity index is 0. The van der Waals surface area contributed by atoms with Gasteiger partial charge in [0.25, 0.3) is 0 Å². The lowest BCUT2D eigenvalue weighted by atomic mass is 10.2. The van der Waals surface area contributed by atoms with Gasteiger partial charge in [-0.05, 0) is 41.5 Å². The minimum Gasteiger partial charge on any atom is -0.443 e. The zero-order valence-corrected chi connectivity index (χ0v) is 14.9. The Morgan fingerprint density at radius 3 is 1.35 bits per heavy atom. The van der Waals surface area contributed by atoms with E-state index in [0.717, 1.165) is 5.75 Å². The molecule has 0 heterocycles. The molecule has 2 N–H and O–H groups in total. The van der Waals surface area contributed by atoms with Crippen LogP contribution in [-0.4, -0.2) is 29.1 Å². The highest BCUT2D eigenvalue weighted by atomic mass is 33.1. The summed E-state index contributed by atoms with van der Waals surface area (Å²) in [6.07, 6.45) is -1.48. The molecule has 0 spiro atoms. The number of hydrogen-bond acceptors (Lipinski definition) is 6. The molecule has 0 unspecified atom stereocenters. The molecule has 20 heavy (non-hydrogen) atoms. The number of carbonyl (C=O) groups excluding carboxylic acids is 2. The fourth-order valence-electron chi connectivity index (χ4n) is 0.709. The largest absolute Gasteiger partial charge is 0.443 e. The van der Waals surface area contributed by atoms with Gasteiger partial charge in [-0.1, -0.05) is 17.7 Å². The van der Waals surface area contributed by atoms with Crippen molar-refractivity contribution in [3.05, 3.63) is 0 Å². The zero-order valence-electron chi connectivity index (χ0n) is 13.2. The van der Waals surface area contributed by atoms with E-state index < -0.39 is 23.4 Å². The van der Waals surface area contributed by atoms with Gasteiger partial charge in [0.2, 0.25) is 0 Å². The van der Waals surface area contributed by atoms with E-state index in [1.54, 1.807) is 52.3 Å². The SMILES string of the molecule is CC(C)(C)OC(=O)NNC(=O)OC(C)(C)C.CCSS. The van der Waals surface area contributed by atoms with Crippen LogP contribution in [0.1, 0.15) is 48.5 Å². The predicted octanol–water partition coefficient (Wildman–Crippen LogP) is 3.54. The van der Waals surface area contributed by atoms with Crippen molar-refractivity contribution in [3.8, 4) is 0 Å². The molecule has 0 bridgehead atoms. The highest BCUT2D eigenvalue weighted by Gasteiger charge is 2.19. The van der Waals surface area contributed by atoms with Crippen molar-refractivity contribution in [2.24, 2.45) is 0 Å². The summed E-state index contributed by atoms with van der Waals surface area (Å²) >= 11 is 3.84. The van der Waals surface area contributed by atoms with Gasteiger partial charge in [0, 0.05) is 5.75 Å². The molecule has 6 nitrogen and oxygen atoms in total. The monoisotopic (exact) mass is 326 g/mol. The van der Waals surface area contributed by atoms with Crippen molar-refractivity contribution >= 4 is 34.6 Å². The van der Waals surface area contributed by atoms with Gasteiger partial charge < -0.3 is 9.47 Å². The molecule has 0 fully saturated rings. The van der Waals surface area contributed by atoms with Crippen LogP contribution in [0.15, 0.2) is 0 Å². The van der Waals surface area contributed by atoms with Crippen LogP contribution in [0.2, 0.25) is 0 Å². The van der Waals surface area contributed by atoms with E-state index in [4.69, 9.17) is 9.47 Å². The van der Waals surface area contributed by atoms with E-state index in [2.05, 4.69) is 29.4 Å². The van der Waals surface area contributed by atoms with E-state index in [1.165, 1.54) is 0 Å². The number of carbonyl (C=O) groups is 2. The van der Waals surface area contributed by atoms with E-state index in [9.17, 15) is 9.59 Å². The van der Waals surface area contributed by atoms with Crippen LogP contribution in [0.4, 0.5) is 9.59 Å². The first kappa shape index (κ1) is 21.5. The third-order valence-corrected chi connectivity index (χ3v) is 2.23. The Bertz CT molecular complexity index is 269. The molecule has 8 heteroatoms. The molecule has 120 valence electrons. The second kappa shape index (κ2) is 10.0. The molecular formula is C12H26N2O4S2. The molecule has 0 aromatic carbocycles. The minimum absolute atomic E-state index is 0.611. The minimum atomic E-state index is -0.738. The van der Waals surface area contributed by atoms with Crippen molar-refractivity contribution in [2.45, 2.75) is 59.7 Å². The Morgan fingerprint density at radius 1 is 0.950 bits per heavy atom. The lowest BCUT2D eigenvalue weighted by molar-refractivity contribution is 0.0363. The molecule has 0 rings (SSSR count). The first-order valence-electron chi connectivity index (χ1n) is 6.15. The number of hydrogen-bond donors (Lipinski definition) is 3. The predicted molar refractivity (Wildman–Crippen MR) is 85.9 cm³/mol. The molecule has 0 saturated heterocycles. The zero-order chi connectivity index (χ0) is 16.4. The van der Waals surface area contributed by atoms with E-state index in [1.807, 2.05) is 0 Å². The van der Waals surface area contributed by atoms with Gasteiger partial charge in [-0.3, -0.25) is 0 Å². The smallest absolute Gasteiger partial charge is 0.426 e. The summed E-state index contributed by atoms with van der Waals surface area (Å²) in [5.41, 5.74) is 2.93. The van der Waals surface area contributed by atoms with Gasteiger partial charge in [-0.2, -0.15) is 0 Å². The summed E-state index contributed by atoms with van der Waals surface area (Å²) in [7, 11) is 1.55. The number of thiol groups is 1. The maximum absolute atomic E-state index is 11.1. The number of hydrazine groups is 1. The maximum Gasteiger partial charge on any atom is 0.426 e. The topological polar surface area (TPSA) is 76.7 Å². The van der Waals surface area contributed by atoms with Crippen LogP contribution in [0, 0.1) is 0 Å². The average Bonchev–Trinajstić information content (AvgIpc) is 2.22. The van der Waals surface area contributed by atoms with Crippen molar-refractivity contribution in [1.82, 2.24) is 10.9 Å². The summed E-state index contributed by atoms with van der Waals surface area (Å²) in [6, 6.07) is 0. The highest BCUT2D eigenvalue weighted by Crippen LogP contribution is 2.07. The van der Waals surface area contributed by atoms with Gasteiger partial charge in [-0.25, -0.2) is 20.4 Å². The molecule has 0 aliphatic rings. The summed E-state index contributed by atoms with van der Waals surface area (Å²) in [5, 5.41) is 0. The van der Waals surface area contributed by atoms with Crippen molar-refractivity contribution in [2.75, 3.05) is 5.75 Å². The first-order chi connectivity index (χ1) is 8.91. The van der Waals surface area contributed by atoms with E-state index in [0.29, 0.717) is 0 Å². The second-order valence-electron chi connectivity index (χ2n) is 5.67. The molecule has 0 aromatic rings.